The van der Waals surface area contributed by atoms with Crippen LogP contribution in [0.25, 0.3) is 0 Å². The van der Waals surface area contributed by atoms with E-state index in [1.54, 1.807) is 45.0 Å². The average Bonchev–Trinajstić information content (AvgIpc) is 2.90. The zero-order valence-electron chi connectivity index (χ0n) is 23.2. The lowest BCUT2D eigenvalue weighted by atomic mass is 9.89. The molecule has 2 amide bonds. The summed E-state index contributed by atoms with van der Waals surface area (Å²) in [6, 6.07) is 9.39. The maximum Gasteiger partial charge on any atom is 0.335 e. The monoisotopic (exact) mass is 590 g/mol. The van der Waals surface area contributed by atoms with Crippen molar-refractivity contribution in [2.24, 2.45) is 11.5 Å². The molecule has 12 heteroatoms. The van der Waals surface area contributed by atoms with Crippen LogP contribution in [0, 0.1) is 0 Å². The molecule has 40 heavy (non-hydrogen) atoms. The molecule has 4 atom stereocenters. The molecule has 0 bridgehead atoms. The number of Topliss-reactive ketones (excluding diaryl/α,β-unsaturated/α-hetero) is 1. The Morgan fingerprint density at radius 2 is 1.62 bits per heavy atom. The number of carbonyl (C=O) groups is 4. The van der Waals surface area contributed by atoms with Gasteiger partial charge in [-0.3, -0.25) is 14.4 Å². The van der Waals surface area contributed by atoms with Crippen LogP contribution in [0.5, 0.6) is 11.5 Å². The smallest absolute Gasteiger partial charge is 0.335 e. The number of amides is 2. The minimum Gasteiger partial charge on any atom is -0.508 e. The Bertz CT molecular complexity index is 1230. The predicted molar refractivity (Wildman–Crippen MR) is 160 cm³/mol. The molecule has 0 spiro atoms. The maximum absolute atomic E-state index is 13.9. The van der Waals surface area contributed by atoms with E-state index in [-0.39, 0.29) is 29.2 Å². The SMILES string of the molecule is C[C@H](N)C(=O)N[C@H](C(=O)Oc1ccccc1C(=O)[C@@](C)(CS)N(C)C(=O)[C@@H](N)Cc1ccc(O)cc1)C(C)(C)S. The molecule has 0 aromatic heterocycles. The second-order valence-electron chi connectivity index (χ2n) is 10.4. The molecule has 0 aliphatic carbocycles. The minimum atomic E-state index is -1.46. The van der Waals surface area contributed by atoms with Gasteiger partial charge in [-0.2, -0.15) is 25.3 Å². The summed E-state index contributed by atoms with van der Waals surface area (Å²) in [7, 11) is 1.46. The number of thiol groups is 2. The molecule has 0 fully saturated rings. The van der Waals surface area contributed by atoms with Gasteiger partial charge < -0.3 is 31.5 Å². The third-order valence-electron chi connectivity index (χ3n) is 6.56. The molecule has 2 aromatic carbocycles. The van der Waals surface area contributed by atoms with Crippen LogP contribution >= 0.6 is 25.3 Å². The van der Waals surface area contributed by atoms with Crippen molar-refractivity contribution in [1.29, 1.82) is 0 Å². The molecule has 2 rings (SSSR count). The normalized spacial score (nSPS) is 15.2. The van der Waals surface area contributed by atoms with Crippen LogP contribution in [0.4, 0.5) is 0 Å². The number of likely N-dealkylation sites (N-methyl/N-ethyl adjacent to an activating group) is 1. The van der Waals surface area contributed by atoms with Gasteiger partial charge in [0.2, 0.25) is 11.8 Å². The fourth-order valence-electron chi connectivity index (χ4n) is 3.79. The molecule has 0 heterocycles. The molecule has 6 N–H and O–H groups in total. The van der Waals surface area contributed by atoms with Gasteiger partial charge in [0, 0.05) is 17.5 Å². The summed E-state index contributed by atoms with van der Waals surface area (Å²) in [5.41, 5.74) is 11.2. The van der Waals surface area contributed by atoms with Gasteiger partial charge in [-0.25, -0.2) is 4.79 Å². The standard InChI is InChI=1S/C28H38N4O6S2/c1-16(29)24(35)31-22(27(2,3)40)26(37)38-21-9-7-6-8-19(21)23(34)28(4,15-39)32(5)25(36)20(30)14-17-10-12-18(33)13-11-17/h6-13,16,20,22,33,39-40H,14-15,29-30H2,1-5H3,(H,31,35)/t16-,20-,22+,28+/m0/s1. The highest BCUT2D eigenvalue weighted by atomic mass is 32.1. The van der Waals surface area contributed by atoms with E-state index in [1.165, 1.54) is 43.1 Å². The number of hydrogen-bond donors (Lipinski definition) is 6. The molecule has 218 valence electrons. The van der Waals surface area contributed by atoms with Crippen LogP contribution in [-0.4, -0.2) is 74.8 Å². The number of esters is 1. The first-order valence-corrected chi connectivity index (χ1v) is 13.7. The second-order valence-corrected chi connectivity index (χ2v) is 11.9. The number of ether oxygens (including phenoxy) is 1. The van der Waals surface area contributed by atoms with E-state index >= 15 is 0 Å². The third kappa shape index (κ3) is 8.00. The van der Waals surface area contributed by atoms with E-state index in [1.807, 2.05) is 0 Å². The van der Waals surface area contributed by atoms with E-state index in [9.17, 15) is 24.3 Å². The van der Waals surface area contributed by atoms with E-state index in [2.05, 4.69) is 30.6 Å². The molecule has 0 aliphatic rings. The topological polar surface area (TPSA) is 165 Å². The highest BCUT2D eigenvalue weighted by Crippen LogP contribution is 2.29. The first-order chi connectivity index (χ1) is 18.5. The first-order valence-electron chi connectivity index (χ1n) is 12.6. The Kier molecular flexibility index (Phi) is 11.2. The van der Waals surface area contributed by atoms with E-state index in [4.69, 9.17) is 16.2 Å². The number of carbonyl (C=O) groups excluding carboxylic acids is 4. The second kappa shape index (κ2) is 13.5. The van der Waals surface area contributed by atoms with Crippen LogP contribution in [0.15, 0.2) is 48.5 Å². The van der Waals surface area contributed by atoms with Crippen LogP contribution < -0.4 is 21.5 Å². The number of rotatable bonds is 12. The summed E-state index contributed by atoms with van der Waals surface area (Å²) in [5.74, 6) is -2.46. The summed E-state index contributed by atoms with van der Waals surface area (Å²) < 4.78 is 4.59. The van der Waals surface area contributed by atoms with Gasteiger partial charge in [-0.1, -0.05) is 24.3 Å². The fourth-order valence-corrected chi connectivity index (χ4v) is 4.32. The Hall–Kier alpha value is -3.06. The van der Waals surface area contributed by atoms with Crippen molar-refractivity contribution in [2.75, 3.05) is 12.8 Å². The third-order valence-corrected chi connectivity index (χ3v) is 7.44. The fraction of sp³-hybridized carbons (Fsp3) is 0.429. The van der Waals surface area contributed by atoms with Gasteiger partial charge in [0.05, 0.1) is 17.6 Å². The van der Waals surface area contributed by atoms with Crippen molar-refractivity contribution in [1.82, 2.24) is 10.2 Å². The number of phenols is 1. The van der Waals surface area contributed by atoms with Crippen molar-refractivity contribution < 1.29 is 29.0 Å². The van der Waals surface area contributed by atoms with Gasteiger partial charge in [-0.05, 0) is 63.9 Å². The molecule has 0 radical (unpaired) electrons. The minimum absolute atomic E-state index is 0.0356. The Labute approximate surface area is 245 Å². The molecule has 2 aromatic rings. The number of ketones is 1. The highest BCUT2D eigenvalue weighted by molar-refractivity contribution is 7.81. The maximum atomic E-state index is 13.9. The number of para-hydroxylation sites is 1. The number of nitrogens with one attached hydrogen (secondary N) is 1. The first kappa shape index (κ1) is 33.1. The van der Waals surface area contributed by atoms with Crippen LogP contribution in [0.1, 0.15) is 43.6 Å². The van der Waals surface area contributed by atoms with Crippen molar-refractivity contribution in [3.05, 3.63) is 59.7 Å². The zero-order chi connectivity index (χ0) is 30.4. The molecule has 10 nitrogen and oxygen atoms in total. The quantitative estimate of drug-likeness (QED) is 0.0942. The molecule has 0 saturated carbocycles. The molecule has 0 aliphatic heterocycles. The average molecular weight is 591 g/mol. The van der Waals surface area contributed by atoms with Crippen LogP contribution in [0.2, 0.25) is 0 Å². The Balaban J connectivity index is 2.33. The molecular formula is C28H38N4O6S2. The highest BCUT2D eigenvalue weighted by Gasteiger charge is 2.42. The van der Waals surface area contributed by atoms with Crippen LogP contribution in [-0.2, 0) is 20.8 Å². The summed E-state index contributed by atoms with van der Waals surface area (Å²) in [4.78, 5) is 53.9. The van der Waals surface area contributed by atoms with Crippen molar-refractivity contribution in [3.8, 4) is 11.5 Å². The lowest BCUT2D eigenvalue weighted by Gasteiger charge is -2.38. The summed E-state index contributed by atoms with van der Waals surface area (Å²) in [5, 5.41) is 12.0. The lowest BCUT2D eigenvalue weighted by molar-refractivity contribution is -0.140. The summed E-state index contributed by atoms with van der Waals surface area (Å²) in [6.45, 7) is 6.28. The van der Waals surface area contributed by atoms with Crippen LogP contribution in [0.3, 0.4) is 0 Å². The van der Waals surface area contributed by atoms with Crippen molar-refractivity contribution in [2.45, 2.75) is 62.5 Å². The number of nitrogens with two attached hydrogens (primary N) is 2. The number of phenolic OH excluding ortho intramolecular Hbond substituents is 1. The molecule has 0 saturated heterocycles. The number of nitrogens with zero attached hydrogens (tertiary/aromatic N) is 1. The lowest BCUT2D eigenvalue weighted by Crippen LogP contribution is -2.58. The summed E-state index contributed by atoms with van der Waals surface area (Å²) in [6.07, 6.45) is 0.183. The van der Waals surface area contributed by atoms with Gasteiger partial charge in [0.15, 0.2) is 5.78 Å². The summed E-state index contributed by atoms with van der Waals surface area (Å²) >= 11 is 8.81. The number of benzene rings is 2. The Morgan fingerprint density at radius 1 is 1.05 bits per heavy atom. The van der Waals surface area contributed by atoms with Gasteiger partial charge >= 0.3 is 5.97 Å². The Morgan fingerprint density at radius 3 is 2.15 bits per heavy atom. The van der Waals surface area contributed by atoms with E-state index in [0.717, 1.165) is 5.56 Å². The van der Waals surface area contributed by atoms with Gasteiger partial charge in [-0.15, -0.1) is 0 Å². The zero-order valence-corrected chi connectivity index (χ0v) is 25.0. The predicted octanol–water partition coefficient (Wildman–Crippen LogP) is 1.74. The van der Waals surface area contributed by atoms with Crippen molar-refractivity contribution >= 4 is 48.8 Å². The molecular weight excluding hydrogens is 552 g/mol. The van der Waals surface area contributed by atoms with Gasteiger partial charge in [0.1, 0.15) is 23.1 Å². The van der Waals surface area contributed by atoms with E-state index < -0.39 is 52.0 Å². The van der Waals surface area contributed by atoms with Crippen molar-refractivity contribution in [3.63, 3.8) is 0 Å². The molecule has 0 unspecified atom stereocenters. The van der Waals surface area contributed by atoms with E-state index in [0.29, 0.717) is 0 Å². The van der Waals surface area contributed by atoms with Gasteiger partial charge in [0.25, 0.3) is 0 Å². The largest absolute Gasteiger partial charge is 0.508 e. The number of hydrogen-bond acceptors (Lipinski definition) is 10. The number of aromatic hydroxyl groups is 1.